The third-order valence-corrected chi connectivity index (χ3v) is 8.78. The number of nitrogens with zero attached hydrogens (tertiary/aromatic N) is 4. The fraction of sp³-hybridized carbons (Fsp3) is 0.645. The highest BCUT2D eigenvalue weighted by molar-refractivity contribution is 5.71. The van der Waals surface area contributed by atoms with E-state index in [0.29, 0.717) is 17.9 Å². The lowest BCUT2D eigenvalue weighted by Gasteiger charge is -2.47. The number of likely N-dealkylation sites (tertiary alicyclic amines) is 2. The van der Waals surface area contributed by atoms with E-state index in [4.69, 9.17) is 24.2 Å². The summed E-state index contributed by atoms with van der Waals surface area (Å²) >= 11 is 0. The minimum Gasteiger partial charge on any atom is -0.482 e. The van der Waals surface area contributed by atoms with Crippen LogP contribution in [0.3, 0.4) is 0 Å². The monoisotopic (exact) mass is 549 g/mol. The third-order valence-electron chi connectivity index (χ3n) is 8.78. The van der Waals surface area contributed by atoms with Crippen LogP contribution in [0.5, 0.6) is 5.75 Å². The maximum atomic E-state index is 12.3. The van der Waals surface area contributed by atoms with Crippen molar-refractivity contribution in [1.82, 2.24) is 19.8 Å². The van der Waals surface area contributed by atoms with Gasteiger partial charge in [-0.2, -0.15) is 0 Å². The Balaban J connectivity index is 1.13. The second kappa shape index (κ2) is 10.8. The van der Waals surface area contributed by atoms with Gasteiger partial charge in [0.25, 0.3) is 0 Å². The Morgan fingerprint density at radius 3 is 2.52 bits per heavy atom. The molecule has 4 aliphatic heterocycles. The van der Waals surface area contributed by atoms with Crippen molar-refractivity contribution in [2.75, 3.05) is 44.7 Å². The number of carbonyl (C=O) groups is 1. The SMILES string of the molecule is Cc1nc(C2CCN(C3CN(C(=O)OC(C)(C)C)C3)CC2)cc2c1O[C@@H](C)c1c(C3CCOCC3)ccnc1N2. The van der Waals surface area contributed by atoms with Gasteiger partial charge in [-0.3, -0.25) is 9.88 Å². The van der Waals surface area contributed by atoms with E-state index in [2.05, 4.69) is 29.3 Å². The number of rotatable bonds is 3. The molecule has 4 aliphatic rings. The van der Waals surface area contributed by atoms with Gasteiger partial charge in [0.15, 0.2) is 5.75 Å². The van der Waals surface area contributed by atoms with Gasteiger partial charge in [-0.25, -0.2) is 9.78 Å². The zero-order chi connectivity index (χ0) is 28.0. The number of nitrogens with one attached hydrogen (secondary N) is 1. The first-order valence-corrected chi connectivity index (χ1v) is 14.9. The van der Waals surface area contributed by atoms with Gasteiger partial charge in [-0.1, -0.05) is 0 Å². The lowest BCUT2D eigenvalue weighted by atomic mass is 9.87. The average molecular weight is 550 g/mol. The lowest BCUT2D eigenvalue weighted by Crippen LogP contribution is -2.62. The Hall–Kier alpha value is -2.91. The summed E-state index contributed by atoms with van der Waals surface area (Å²) in [6.45, 7) is 15.0. The number of hydrogen-bond acceptors (Lipinski definition) is 8. The molecule has 1 atom stereocenters. The summed E-state index contributed by atoms with van der Waals surface area (Å²) in [5.74, 6) is 2.57. The molecule has 40 heavy (non-hydrogen) atoms. The predicted molar refractivity (Wildman–Crippen MR) is 153 cm³/mol. The van der Waals surface area contributed by atoms with Crippen LogP contribution < -0.4 is 10.1 Å². The van der Waals surface area contributed by atoms with Crippen LogP contribution in [0.4, 0.5) is 16.3 Å². The lowest BCUT2D eigenvalue weighted by molar-refractivity contribution is -0.0197. The molecule has 9 nitrogen and oxygen atoms in total. The second-order valence-corrected chi connectivity index (χ2v) is 12.8. The number of anilines is 2. The summed E-state index contributed by atoms with van der Waals surface area (Å²) in [5.41, 5.74) is 5.01. The van der Waals surface area contributed by atoms with Crippen molar-refractivity contribution in [2.45, 2.75) is 89.9 Å². The van der Waals surface area contributed by atoms with E-state index >= 15 is 0 Å². The largest absolute Gasteiger partial charge is 0.482 e. The first-order chi connectivity index (χ1) is 19.2. The van der Waals surface area contributed by atoms with Gasteiger partial charge in [0, 0.05) is 55.7 Å². The van der Waals surface area contributed by atoms with Gasteiger partial charge in [0.2, 0.25) is 0 Å². The molecule has 0 saturated carbocycles. The van der Waals surface area contributed by atoms with Crippen LogP contribution in [-0.4, -0.2) is 76.9 Å². The van der Waals surface area contributed by atoms with E-state index in [9.17, 15) is 4.79 Å². The van der Waals surface area contributed by atoms with Crippen molar-refractivity contribution in [2.24, 2.45) is 0 Å². The Kier molecular flexibility index (Phi) is 7.38. The number of pyridine rings is 2. The first kappa shape index (κ1) is 27.3. The quantitative estimate of drug-likeness (QED) is 0.524. The van der Waals surface area contributed by atoms with Crippen LogP contribution in [0.15, 0.2) is 18.3 Å². The maximum absolute atomic E-state index is 12.3. The molecule has 0 spiro atoms. The summed E-state index contributed by atoms with van der Waals surface area (Å²) in [5, 5.41) is 3.64. The standard InChI is InChI=1S/C31H43N5O4/c1-19-28-26(34-29-27(20(2)39-28)24(6-11-32-29)21-9-14-38-15-10-21)16-25(33-19)22-7-12-35(13-8-22)23-17-36(18-23)30(37)40-31(3,4)5/h6,11,16,20-23H,7-10,12-15,17-18H2,1-5H3,(H,32,34)/t20-/m0/s1. The highest BCUT2D eigenvalue weighted by Crippen LogP contribution is 2.44. The number of carbonyl (C=O) groups excluding carboxylic acids is 1. The van der Waals surface area contributed by atoms with Crippen LogP contribution in [0.25, 0.3) is 0 Å². The van der Waals surface area contributed by atoms with Crippen molar-refractivity contribution in [3.63, 3.8) is 0 Å². The molecule has 0 aromatic carbocycles. The first-order valence-electron chi connectivity index (χ1n) is 14.9. The molecule has 216 valence electrons. The highest BCUT2D eigenvalue weighted by atomic mass is 16.6. The Bertz CT molecular complexity index is 1240. The number of ether oxygens (including phenoxy) is 3. The molecule has 0 unspecified atom stereocenters. The van der Waals surface area contributed by atoms with Crippen LogP contribution in [0.1, 0.15) is 93.8 Å². The topological polar surface area (TPSA) is 89.1 Å². The van der Waals surface area contributed by atoms with E-state index in [0.717, 1.165) is 99.3 Å². The van der Waals surface area contributed by atoms with Gasteiger partial charge in [-0.15, -0.1) is 0 Å². The molecule has 1 amide bonds. The van der Waals surface area contributed by atoms with Crippen molar-refractivity contribution < 1.29 is 19.0 Å². The van der Waals surface area contributed by atoms with Crippen LogP contribution in [0, 0.1) is 6.92 Å². The minimum absolute atomic E-state index is 0.118. The molecule has 6 heterocycles. The fourth-order valence-corrected chi connectivity index (χ4v) is 6.60. The number of fused-ring (bicyclic) bond motifs is 2. The number of piperidine rings is 1. The Morgan fingerprint density at radius 2 is 1.82 bits per heavy atom. The van der Waals surface area contributed by atoms with Crippen LogP contribution in [-0.2, 0) is 9.47 Å². The van der Waals surface area contributed by atoms with Crippen molar-refractivity contribution >= 4 is 17.6 Å². The number of aryl methyl sites for hydroxylation is 1. The fourth-order valence-electron chi connectivity index (χ4n) is 6.60. The summed E-state index contributed by atoms with van der Waals surface area (Å²) in [4.78, 5) is 26.5. The van der Waals surface area contributed by atoms with Crippen LogP contribution >= 0.6 is 0 Å². The van der Waals surface area contributed by atoms with Gasteiger partial charge in [0.1, 0.15) is 17.5 Å². The number of hydrogen-bond donors (Lipinski definition) is 1. The Morgan fingerprint density at radius 1 is 1.10 bits per heavy atom. The second-order valence-electron chi connectivity index (χ2n) is 12.8. The smallest absolute Gasteiger partial charge is 0.410 e. The normalized spacial score (nSPS) is 22.8. The average Bonchev–Trinajstić information content (AvgIpc) is 3.04. The van der Waals surface area contributed by atoms with E-state index in [-0.39, 0.29) is 12.2 Å². The molecule has 9 heteroatoms. The molecule has 1 N–H and O–H groups in total. The predicted octanol–water partition coefficient (Wildman–Crippen LogP) is 5.67. The van der Waals surface area contributed by atoms with Crippen molar-refractivity contribution in [3.8, 4) is 5.75 Å². The van der Waals surface area contributed by atoms with E-state index in [1.165, 1.54) is 5.56 Å². The molecule has 3 saturated heterocycles. The Labute approximate surface area is 237 Å². The van der Waals surface area contributed by atoms with Crippen LogP contribution in [0.2, 0.25) is 0 Å². The highest BCUT2D eigenvalue weighted by Gasteiger charge is 2.39. The molecule has 0 bridgehead atoms. The zero-order valence-electron chi connectivity index (χ0n) is 24.5. The molecular weight excluding hydrogens is 506 g/mol. The molecule has 3 fully saturated rings. The number of amides is 1. The van der Waals surface area contributed by atoms with E-state index in [1.54, 1.807) is 0 Å². The minimum atomic E-state index is -0.456. The zero-order valence-corrected chi connectivity index (χ0v) is 24.5. The summed E-state index contributed by atoms with van der Waals surface area (Å²) in [7, 11) is 0. The molecule has 0 radical (unpaired) electrons. The summed E-state index contributed by atoms with van der Waals surface area (Å²) < 4.78 is 17.7. The van der Waals surface area contributed by atoms with Gasteiger partial charge in [-0.05, 0) is 97.0 Å². The molecule has 0 aliphatic carbocycles. The summed E-state index contributed by atoms with van der Waals surface area (Å²) in [6, 6.07) is 4.76. The molecule has 2 aromatic heterocycles. The van der Waals surface area contributed by atoms with E-state index in [1.807, 2.05) is 38.8 Å². The van der Waals surface area contributed by atoms with Crippen molar-refractivity contribution in [3.05, 3.63) is 40.8 Å². The van der Waals surface area contributed by atoms with E-state index < -0.39 is 5.60 Å². The van der Waals surface area contributed by atoms with Gasteiger partial charge < -0.3 is 24.4 Å². The molecule has 2 aromatic rings. The van der Waals surface area contributed by atoms with Gasteiger partial charge >= 0.3 is 6.09 Å². The van der Waals surface area contributed by atoms with Gasteiger partial charge in [0.05, 0.1) is 11.4 Å². The van der Waals surface area contributed by atoms with Crippen molar-refractivity contribution in [1.29, 1.82) is 0 Å². The maximum Gasteiger partial charge on any atom is 0.410 e. The summed E-state index contributed by atoms with van der Waals surface area (Å²) in [6.07, 6.45) is 5.75. The number of aromatic nitrogens is 2. The molecular formula is C31H43N5O4. The molecule has 6 rings (SSSR count). The third kappa shape index (κ3) is 5.50.